The maximum absolute atomic E-state index is 13.0. The summed E-state index contributed by atoms with van der Waals surface area (Å²) in [4.78, 5) is 76.2. The minimum atomic E-state index is -0.427. The molecule has 20 nitrogen and oxygen atoms in total. The van der Waals surface area contributed by atoms with E-state index in [-0.39, 0.29) is 86.5 Å². The van der Waals surface area contributed by atoms with Crippen molar-refractivity contribution in [2.75, 3.05) is 34.4 Å². The summed E-state index contributed by atoms with van der Waals surface area (Å²) >= 11 is 0. The SMILES string of the molecule is Cl.Cn1cc(NC(=O)c2cc(NC(=O)CCCCCCC(=O)Nc3cc(C(=O)Nc4cc(C(=O)NCCC(=N)N)n(C)c4)n(C)c3)cn2C)cc1C(=O)NCCC(=N)N. The van der Waals surface area contributed by atoms with E-state index in [0.29, 0.717) is 58.4 Å². The molecule has 6 amide bonds. The molecule has 0 aliphatic carbocycles. The molecular formula is C38H53ClN14O6. The normalized spacial score (nSPS) is 10.6. The van der Waals surface area contributed by atoms with Crippen LogP contribution < -0.4 is 43.4 Å². The van der Waals surface area contributed by atoms with Gasteiger partial charge in [0, 0.05) is 91.8 Å². The van der Waals surface area contributed by atoms with Crippen molar-refractivity contribution in [3.05, 3.63) is 71.8 Å². The van der Waals surface area contributed by atoms with Crippen molar-refractivity contribution in [2.24, 2.45) is 39.7 Å². The number of nitrogens with two attached hydrogens (primary N) is 2. The Morgan fingerprint density at radius 2 is 0.763 bits per heavy atom. The Kier molecular flexibility index (Phi) is 17.1. The zero-order valence-corrected chi connectivity index (χ0v) is 34.3. The summed E-state index contributed by atoms with van der Waals surface area (Å²) in [6, 6.07) is 6.21. The first-order valence-corrected chi connectivity index (χ1v) is 18.6. The number of rotatable bonds is 21. The maximum atomic E-state index is 13.0. The molecule has 0 saturated heterocycles. The maximum Gasteiger partial charge on any atom is 0.272 e. The predicted octanol–water partition coefficient (Wildman–Crippen LogP) is 3.00. The van der Waals surface area contributed by atoms with Crippen LogP contribution in [0.5, 0.6) is 0 Å². The van der Waals surface area contributed by atoms with Gasteiger partial charge in [-0.2, -0.15) is 0 Å². The molecule has 4 heterocycles. The summed E-state index contributed by atoms with van der Waals surface area (Å²) in [5, 5.41) is 31.1. The molecule has 0 atom stereocenters. The minimum absolute atomic E-state index is 0. The molecule has 59 heavy (non-hydrogen) atoms. The largest absolute Gasteiger partial charge is 0.388 e. The lowest BCUT2D eigenvalue weighted by Crippen LogP contribution is -2.28. The van der Waals surface area contributed by atoms with E-state index < -0.39 is 11.8 Å². The number of hydrogen-bond donors (Lipinski definition) is 10. The third-order valence-electron chi connectivity index (χ3n) is 8.95. The molecule has 12 N–H and O–H groups in total. The van der Waals surface area contributed by atoms with E-state index in [1.807, 2.05) is 0 Å². The fourth-order valence-electron chi connectivity index (χ4n) is 6.00. The van der Waals surface area contributed by atoms with Gasteiger partial charge in [0.1, 0.15) is 22.8 Å². The number of amides is 6. The molecule has 0 aromatic carbocycles. The molecule has 0 unspecified atom stereocenters. The summed E-state index contributed by atoms with van der Waals surface area (Å²) < 4.78 is 6.32. The van der Waals surface area contributed by atoms with Gasteiger partial charge in [0.25, 0.3) is 23.6 Å². The van der Waals surface area contributed by atoms with Gasteiger partial charge in [-0.05, 0) is 37.1 Å². The fourth-order valence-corrected chi connectivity index (χ4v) is 6.00. The smallest absolute Gasteiger partial charge is 0.272 e. The van der Waals surface area contributed by atoms with Gasteiger partial charge < -0.3 is 61.6 Å². The number of nitrogens with zero attached hydrogens (tertiary/aromatic N) is 4. The first-order valence-electron chi connectivity index (χ1n) is 18.6. The van der Waals surface area contributed by atoms with E-state index in [1.54, 1.807) is 83.4 Å². The van der Waals surface area contributed by atoms with Crippen molar-refractivity contribution in [2.45, 2.75) is 51.4 Å². The molecular weight excluding hydrogens is 784 g/mol. The van der Waals surface area contributed by atoms with Crippen LogP contribution in [0, 0.1) is 10.8 Å². The number of halogens is 1. The molecule has 318 valence electrons. The average Bonchev–Trinajstić information content (AvgIpc) is 3.90. The quantitative estimate of drug-likeness (QED) is 0.0337. The van der Waals surface area contributed by atoms with Crippen molar-refractivity contribution < 1.29 is 28.8 Å². The number of hydrogen-bond acceptors (Lipinski definition) is 8. The first kappa shape index (κ1) is 46.6. The van der Waals surface area contributed by atoms with Gasteiger partial charge >= 0.3 is 0 Å². The number of amidine groups is 2. The van der Waals surface area contributed by atoms with Crippen LogP contribution in [0.4, 0.5) is 22.7 Å². The van der Waals surface area contributed by atoms with Crippen LogP contribution in [-0.2, 0) is 37.8 Å². The highest BCUT2D eigenvalue weighted by atomic mass is 35.5. The van der Waals surface area contributed by atoms with Gasteiger partial charge in [-0.25, -0.2) is 0 Å². The fraction of sp³-hybridized carbons (Fsp3) is 0.368. The molecule has 0 bridgehead atoms. The van der Waals surface area contributed by atoms with Gasteiger partial charge in [-0.1, -0.05) is 12.8 Å². The van der Waals surface area contributed by atoms with Gasteiger partial charge in [-0.3, -0.25) is 39.6 Å². The van der Waals surface area contributed by atoms with Crippen molar-refractivity contribution in [1.82, 2.24) is 28.9 Å². The molecule has 0 aliphatic heterocycles. The second-order valence-electron chi connectivity index (χ2n) is 13.9. The van der Waals surface area contributed by atoms with Crippen LogP contribution in [0.2, 0.25) is 0 Å². The molecule has 0 spiro atoms. The summed E-state index contributed by atoms with van der Waals surface area (Å²) in [7, 11) is 6.71. The zero-order chi connectivity index (χ0) is 42.5. The number of carbonyl (C=O) groups is 6. The predicted molar refractivity (Wildman–Crippen MR) is 227 cm³/mol. The molecule has 4 aromatic heterocycles. The van der Waals surface area contributed by atoms with E-state index in [9.17, 15) is 28.8 Å². The first-order chi connectivity index (χ1) is 27.5. The van der Waals surface area contributed by atoms with E-state index in [2.05, 4.69) is 31.9 Å². The van der Waals surface area contributed by atoms with Crippen LogP contribution in [0.3, 0.4) is 0 Å². The lowest BCUT2D eigenvalue weighted by Gasteiger charge is -2.04. The Morgan fingerprint density at radius 3 is 1.07 bits per heavy atom. The Balaban J connectivity index is 0.00000930. The number of carbonyl (C=O) groups excluding carboxylic acids is 6. The highest BCUT2D eigenvalue weighted by Crippen LogP contribution is 2.20. The third-order valence-corrected chi connectivity index (χ3v) is 8.95. The van der Waals surface area contributed by atoms with Crippen molar-refractivity contribution in [3.8, 4) is 0 Å². The highest BCUT2D eigenvalue weighted by Gasteiger charge is 2.19. The Labute approximate surface area is 347 Å². The molecule has 21 heteroatoms. The molecule has 4 rings (SSSR count). The second kappa shape index (κ2) is 21.6. The Bertz CT molecular complexity index is 2040. The van der Waals surface area contributed by atoms with Crippen LogP contribution in [-0.4, -0.2) is 78.5 Å². The summed E-state index contributed by atoms with van der Waals surface area (Å²) in [6.45, 7) is 0.437. The van der Waals surface area contributed by atoms with Gasteiger partial charge in [0.15, 0.2) is 0 Å². The molecule has 0 radical (unpaired) electrons. The standard InChI is InChI=1S/C38H52N14O6.ClH/c1-49-21-25(17-27(49)35(55)43-13-11-31(39)40)47-37(57)29-15-23(19-51(29)3)45-33(53)9-7-5-6-8-10-34(54)46-24-16-30(52(4)20-24)38(58)48-26-18-28(50(2)22-26)36(56)44-14-12-32(41)42;/h15-22H,5-14H2,1-4H3,(H3,39,40)(H3,41,42)(H,43,55)(H,44,56)(H,45,53)(H,46,54)(H,47,57)(H,48,58);1H. The second-order valence-corrected chi connectivity index (χ2v) is 13.9. The lowest BCUT2D eigenvalue weighted by molar-refractivity contribution is -0.117. The Hall–Kier alpha value is -6.83. The lowest BCUT2D eigenvalue weighted by atomic mass is 10.1. The third kappa shape index (κ3) is 14.0. The van der Waals surface area contributed by atoms with E-state index in [1.165, 1.54) is 12.1 Å². The number of anilines is 4. The van der Waals surface area contributed by atoms with Crippen LogP contribution in [0.1, 0.15) is 93.3 Å². The van der Waals surface area contributed by atoms with Gasteiger partial charge in [-0.15, -0.1) is 12.4 Å². The summed E-state index contributed by atoms with van der Waals surface area (Å²) in [5.74, 6) is -2.06. The van der Waals surface area contributed by atoms with E-state index in [4.69, 9.17) is 22.3 Å². The van der Waals surface area contributed by atoms with Crippen LogP contribution >= 0.6 is 12.4 Å². The topological polar surface area (TPSA) is 294 Å². The highest BCUT2D eigenvalue weighted by molar-refractivity contribution is 6.06. The molecule has 0 saturated carbocycles. The minimum Gasteiger partial charge on any atom is -0.388 e. The van der Waals surface area contributed by atoms with Gasteiger partial charge in [0.05, 0.1) is 34.4 Å². The molecule has 4 aromatic rings. The zero-order valence-electron chi connectivity index (χ0n) is 33.5. The average molecular weight is 837 g/mol. The monoisotopic (exact) mass is 836 g/mol. The summed E-state index contributed by atoms with van der Waals surface area (Å²) in [5.41, 5.74) is 13.7. The van der Waals surface area contributed by atoms with Gasteiger partial charge in [0.2, 0.25) is 11.8 Å². The number of aromatic nitrogens is 4. The van der Waals surface area contributed by atoms with Crippen LogP contribution in [0.15, 0.2) is 49.1 Å². The number of nitrogens with one attached hydrogen (secondary N) is 8. The van der Waals surface area contributed by atoms with Crippen molar-refractivity contribution in [1.29, 1.82) is 10.8 Å². The van der Waals surface area contributed by atoms with E-state index >= 15 is 0 Å². The molecule has 0 fully saturated rings. The van der Waals surface area contributed by atoms with Crippen molar-refractivity contribution in [3.63, 3.8) is 0 Å². The van der Waals surface area contributed by atoms with Crippen LogP contribution in [0.25, 0.3) is 0 Å². The number of unbranched alkanes of at least 4 members (excludes halogenated alkanes) is 3. The van der Waals surface area contributed by atoms with E-state index in [0.717, 1.165) is 12.8 Å². The number of aryl methyl sites for hydroxylation is 4. The summed E-state index contributed by atoms with van der Waals surface area (Å²) in [6.07, 6.45) is 10.1. The molecule has 0 aliphatic rings. The van der Waals surface area contributed by atoms with Crippen molar-refractivity contribution >= 4 is 82.3 Å². The Morgan fingerprint density at radius 1 is 0.475 bits per heavy atom.